The number of piperazine rings is 1. The Kier molecular flexibility index (Phi) is 7.96. The van der Waals surface area contributed by atoms with E-state index in [2.05, 4.69) is 39.0 Å². The first kappa shape index (κ1) is 20.0. The smallest absolute Gasteiger partial charge is 0.310 e. The van der Waals surface area contributed by atoms with Crippen molar-refractivity contribution in [3.05, 3.63) is 0 Å². The van der Waals surface area contributed by atoms with Crippen molar-refractivity contribution < 1.29 is 9.53 Å². The van der Waals surface area contributed by atoms with Crippen molar-refractivity contribution in [2.24, 2.45) is 10.9 Å². The fraction of sp³-hybridized carbons (Fsp3) is 0.889. The molecule has 0 aromatic rings. The number of guanidine groups is 1. The number of carbonyl (C=O) groups excluding carboxylic acids is 1. The molecule has 2 aliphatic rings. The first-order valence-corrected chi connectivity index (χ1v) is 9.60. The standard InChI is InChI=1S/C18H35N5O2/c1-5-25-17(24)16-7-6-8-23(14-16)18(19-3)20-13-15(2)22-11-9-21(4)10-12-22/h15-16H,5-14H2,1-4H3,(H,19,20). The fourth-order valence-corrected chi connectivity index (χ4v) is 3.59. The fourth-order valence-electron chi connectivity index (χ4n) is 3.59. The van der Waals surface area contributed by atoms with Crippen molar-refractivity contribution >= 4 is 11.9 Å². The van der Waals surface area contributed by atoms with Crippen LogP contribution in [0.1, 0.15) is 26.7 Å². The zero-order valence-electron chi connectivity index (χ0n) is 16.3. The second-order valence-electron chi connectivity index (χ2n) is 7.15. The molecule has 2 rings (SSSR count). The molecule has 2 aliphatic heterocycles. The van der Waals surface area contributed by atoms with E-state index in [1.54, 1.807) is 0 Å². The predicted molar refractivity (Wildman–Crippen MR) is 101 cm³/mol. The van der Waals surface area contributed by atoms with Gasteiger partial charge in [0.05, 0.1) is 12.5 Å². The summed E-state index contributed by atoms with van der Waals surface area (Å²) in [6.07, 6.45) is 1.90. The summed E-state index contributed by atoms with van der Waals surface area (Å²) in [6.45, 7) is 11.6. The zero-order chi connectivity index (χ0) is 18.2. The Hall–Kier alpha value is -1.34. The van der Waals surface area contributed by atoms with Crippen LogP contribution >= 0.6 is 0 Å². The van der Waals surface area contributed by atoms with E-state index < -0.39 is 0 Å². The molecule has 0 aliphatic carbocycles. The number of hydrogen-bond donors (Lipinski definition) is 1. The summed E-state index contributed by atoms with van der Waals surface area (Å²) in [7, 11) is 4.00. The molecule has 0 aromatic heterocycles. The summed E-state index contributed by atoms with van der Waals surface area (Å²) < 4.78 is 5.19. The molecule has 2 atom stereocenters. The highest BCUT2D eigenvalue weighted by molar-refractivity contribution is 5.81. The molecular weight excluding hydrogens is 318 g/mol. The van der Waals surface area contributed by atoms with Crippen molar-refractivity contribution in [1.82, 2.24) is 20.0 Å². The Morgan fingerprint density at radius 2 is 2.00 bits per heavy atom. The number of rotatable bonds is 5. The maximum atomic E-state index is 12.0. The van der Waals surface area contributed by atoms with Gasteiger partial charge >= 0.3 is 5.97 Å². The minimum Gasteiger partial charge on any atom is -0.466 e. The summed E-state index contributed by atoms with van der Waals surface area (Å²) >= 11 is 0. The van der Waals surface area contributed by atoms with Gasteiger partial charge in [0, 0.05) is 58.9 Å². The molecule has 0 saturated carbocycles. The number of hydrogen-bond acceptors (Lipinski definition) is 5. The summed E-state index contributed by atoms with van der Waals surface area (Å²) in [4.78, 5) is 23.6. The van der Waals surface area contributed by atoms with Crippen molar-refractivity contribution in [2.75, 3.05) is 66.5 Å². The van der Waals surface area contributed by atoms with E-state index in [1.807, 2.05) is 14.0 Å². The van der Waals surface area contributed by atoms with Gasteiger partial charge in [-0.3, -0.25) is 14.7 Å². The number of aliphatic imine (C=N–C) groups is 1. The Bertz CT molecular complexity index is 449. The maximum absolute atomic E-state index is 12.0. The van der Waals surface area contributed by atoms with Gasteiger partial charge in [0.1, 0.15) is 0 Å². The highest BCUT2D eigenvalue weighted by Gasteiger charge is 2.28. The molecule has 1 N–H and O–H groups in total. The number of likely N-dealkylation sites (N-methyl/N-ethyl adjacent to an activating group) is 1. The van der Waals surface area contributed by atoms with Crippen LogP contribution in [0.25, 0.3) is 0 Å². The molecule has 0 amide bonds. The first-order valence-electron chi connectivity index (χ1n) is 9.60. The summed E-state index contributed by atoms with van der Waals surface area (Å²) in [6, 6.07) is 0.469. The van der Waals surface area contributed by atoms with Gasteiger partial charge < -0.3 is 19.9 Å². The van der Waals surface area contributed by atoms with Crippen molar-refractivity contribution in [3.63, 3.8) is 0 Å². The number of esters is 1. The van der Waals surface area contributed by atoms with Crippen LogP contribution in [-0.4, -0.2) is 99.2 Å². The molecule has 25 heavy (non-hydrogen) atoms. The lowest BCUT2D eigenvalue weighted by Gasteiger charge is -2.38. The minimum atomic E-state index is -0.0755. The third-order valence-corrected chi connectivity index (χ3v) is 5.27. The van der Waals surface area contributed by atoms with Gasteiger partial charge in [-0.1, -0.05) is 0 Å². The van der Waals surface area contributed by atoms with E-state index in [0.717, 1.165) is 58.1 Å². The SMILES string of the molecule is CCOC(=O)C1CCCN(C(=NC)NCC(C)N2CCN(C)CC2)C1. The van der Waals surface area contributed by atoms with Crippen molar-refractivity contribution in [1.29, 1.82) is 0 Å². The van der Waals surface area contributed by atoms with Crippen LogP contribution < -0.4 is 5.32 Å². The molecule has 144 valence electrons. The molecule has 2 heterocycles. The normalized spacial score (nSPS) is 24.9. The number of piperidine rings is 1. The van der Waals surface area contributed by atoms with E-state index in [4.69, 9.17) is 4.74 Å². The highest BCUT2D eigenvalue weighted by atomic mass is 16.5. The molecule has 7 heteroatoms. The number of likely N-dealkylation sites (tertiary alicyclic amines) is 1. The third kappa shape index (κ3) is 5.85. The van der Waals surface area contributed by atoms with E-state index in [0.29, 0.717) is 19.2 Å². The van der Waals surface area contributed by atoms with Gasteiger partial charge in [-0.05, 0) is 33.7 Å². The molecule has 2 unspecified atom stereocenters. The summed E-state index contributed by atoms with van der Waals surface area (Å²) in [5, 5.41) is 3.51. The lowest BCUT2D eigenvalue weighted by Crippen LogP contribution is -2.54. The maximum Gasteiger partial charge on any atom is 0.310 e. The Labute approximate surface area is 152 Å². The van der Waals surface area contributed by atoms with Crippen LogP contribution in [0, 0.1) is 5.92 Å². The lowest BCUT2D eigenvalue weighted by atomic mass is 9.98. The Balaban J connectivity index is 1.82. The number of nitrogens with one attached hydrogen (secondary N) is 1. The molecule has 0 radical (unpaired) electrons. The predicted octanol–water partition coefficient (Wildman–Crippen LogP) is 0.473. The summed E-state index contributed by atoms with van der Waals surface area (Å²) in [5.41, 5.74) is 0. The van der Waals surface area contributed by atoms with Crippen LogP contribution in [0.4, 0.5) is 0 Å². The van der Waals surface area contributed by atoms with Gasteiger partial charge in [-0.25, -0.2) is 0 Å². The number of ether oxygens (including phenoxy) is 1. The second-order valence-corrected chi connectivity index (χ2v) is 7.15. The van der Waals surface area contributed by atoms with Crippen molar-refractivity contribution in [2.45, 2.75) is 32.7 Å². The van der Waals surface area contributed by atoms with E-state index in [1.165, 1.54) is 0 Å². The topological polar surface area (TPSA) is 60.4 Å². The van der Waals surface area contributed by atoms with Crippen LogP contribution in [-0.2, 0) is 9.53 Å². The van der Waals surface area contributed by atoms with E-state index >= 15 is 0 Å². The van der Waals surface area contributed by atoms with Crippen LogP contribution in [0.2, 0.25) is 0 Å². The highest BCUT2D eigenvalue weighted by Crippen LogP contribution is 2.18. The van der Waals surface area contributed by atoms with E-state index in [9.17, 15) is 4.79 Å². The molecule has 0 bridgehead atoms. The Morgan fingerprint density at radius 1 is 1.28 bits per heavy atom. The minimum absolute atomic E-state index is 0.0395. The molecule has 7 nitrogen and oxygen atoms in total. The van der Waals surface area contributed by atoms with Crippen LogP contribution in [0.15, 0.2) is 4.99 Å². The zero-order valence-corrected chi connectivity index (χ0v) is 16.3. The van der Waals surface area contributed by atoms with E-state index in [-0.39, 0.29) is 11.9 Å². The number of nitrogens with zero attached hydrogens (tertiary/aromatic N) is 4. The summed E-state index contributed by atoms with van der Waals surface area (Å²) in [5.74, 6) is 0.783. The molecule has 2 saturated heterocycles. The quantitative estimate of drug-likeness (QED) is 0.441. The molecule has 2 fully saturated rings. The average Bonchev–Trinajstić information content (AvgIpc) is 2.63. The third-order valence-electron chi connectivity index (χ3n) is 5.27. The van der Waals surface area contributed by atoms with Gasteiger partial charge in [0.2, 0.25) is 0 Å². The largest absolute Gasteiger partial charge is 0.466 e. The number of carbonyl (C=O) groups is 1. The van der Waals surface area contributed by atoms with Gasteiger partial charge in [0.15, 0.2) is 5.96 Å². The Morgan fingerprint density at radius 3 is 2.64 bits per heavy atom. The van der Waals surface area contributed by atoms with Crippen LogP contribution in [0.3, 0.4) is 0 Å². The van der Waals surface area contributed by atoms with Crippen molar-refractivity contribution in [3.8, 4) is 0 Å². The monoisotopic (exact) mass is 353 g/mol. The molecular formula is C18H35N5O2. The average molecular weight is 354 g/mol. The van der Waals surface area contributed by atoms with Gasteiger partial charge in [-0.2, -0.15) is 0 Å². The second kappa shape index (κ2) is 9.97. The molecule has 0 spiro atoms. The lowest BCUT2D eigenvalue weighted by molar-refractivity contribution is -0.149. The van der Waals surface area contributed by atoms with Crippen LogP contribution in [0.5, 0.6) is 0 Å². The van der Waals surface area contributed by atoms with Gasteiger partial charge in [-0.15, -0.1) is 0 Å². The molecule has 0 aromatic carbocycles. The first-order chi connectivity index (χ1) is 12.0. The van der Waals surface area contributed by atoms with Gasteiger partial charge in [0.25, 0.3) is 0 Å².